The van der Waals surface area contributed by atoms with Crippen LogP contribution in [-0.4, -0.2) is 33.8 Å². The lowest BCUT2D eigenvalue weighted by atomic mass is 10.1. The first-order valence-electron chi connectivity index (χ1n) is 9.25. The SMILES string of the molecule is CCOC(=O)c1ccc(Nc2nncc(NC3CCCCCC3)n2)cc1. The molecule has 138 valence electrons. The van der Waals surface area contributed by atoms with Crippen LogP contribution in [-0.2, 0) is 4.74 Å². The molecule has 2 N–H and O–H groups in total. The van der Waals surface area contributed by atoms with E-state index in [2.05, 4.69) is 25.8 Å². The number of nitrogens with zero attached hydrogens (tertiary/aromatic N) is 3. The van der Waals surface area contributed by atoms with E-state index < -0.39 is 0 Å². The number of rotatable bonds is 6. The van der Waals surface area contributed by atoms with Crippen LogP contribution in [0.3, 0.4) is 0 Å². The molecular formula is C19H25N5O2. The van der Waals surface area contributed by atoms with Gasteiger partial charge in [-0.25, -0.2) is 4.79 Å². The van der Waals surface area contributed by atoms with Crippen LogP contribution in [0.25, 0.3) is 0 Å². The van der Waals surface area contributed by atoms with Gasteiger partial charge in [-0.1, -0.05) is 25.7 Å². The molecule has 0 bridgehead atoms. The van der Waals surface area contributed by atoms with Crippen LogP contribution in [0, 0.1) is 0 Å². The van der Waals surface area contributed by atoms with Crippen LogP contribution < -0.4 is 10.6 Å². The van der Waals surface area contributed by atoms with Crippen LogP contribution in [0.4, 0.5) is 17.5 Å². The number of esters is 1. The number of hydrogen-bond acceptors (Lipinski definition) is 7. The van der Waals surface area contributed by atoms with E-state index in [-0.39, 0.29) is 5.97 Å². The van der Waals surface area contributed by atoms with Crippen molar-refractivity contribution in [3.05, 3.63) is 36.0 Å². The molecule has 7 nitrogen and oxygen atoms in total. The van der Waals surface area contributed by atoms with Crippen LogP contribution in [0.1, 0.15) is 55.8 Å². The van der Waals surface area contributed by atoms with Gasteiger partial charge in [0.2, 0.25) is 5.95 Å². The topological polar surface area (TPSA) is 89.0 Å². The average molecular weight is 355 g/mol. The third-order valence-corrected chi connectivity index (χ3v) is 4.42. The summed E-state index contributed by atoms with van der Waals surface area (Å²) in [5.74, 6) is 0.830. The zero-order valence-electron chi connectivity index (χ0n) is 15.1. The fourth-order valence-electron chi connectivity index (χ4n) is 3.09. The summed E-state index contributed by atoms with van der Waals surface area (Å²) in [5.41, 5.74) is 1.30. The summed E-state index contributed by atoms with van der Waals surface area (Å²) in [6, 6.07) is 7.45. The molecule has 1 heterocycles. The fourth-order valence-corrected chi connectivity index (χ4v) is 3.09. The molecule has 0 radical (unpaired) electrons. The number of nitrogens with one attached hydrogen (secondary N) is 2. The number of ether oxygens (including phenoxy) is 1. The van der Waals surface area contributed by atoms with Gasteiger partial charge in [-0.3, -0.25) is 0 Å². The summed E-state index contributed by atoms with van der Waals surface area (Å²) in [6.07, 6.45) is 9.13. The maximum atomic E-state index is 11.7. The zero-order chi connectivity index (χ0) is 18.2. The van der Waals surface area contributed by atoms with Gasteiger partial charge >= 0.3 is 5.97 Å². The first-order valence-corrected chi connectivity index (χ1v) is 9.25. The van der Waals surface area contributed by atoms with E-state index in [4.69, 9.17) is 4.74 Å². The van der Waals surface area contributed by atoms with Crippen LogP contribution >= 0.6 is 0 Å². The van der Waals surface area contributed by atoms with E-state index in [1.165, 1.54) is 38.5 Å². The van der Waals surface area contributed by atoms with E-state index in [9.17, 15) is 4.79 Å². The third-order valence-electron chi connectivity index (χ3n) is 4.42. The number of anilines is 3. The Morgan fingerprint density at radius 2 is 1.88 bits per heavy atom. The van der Waals surface area contributed by atoms with Crippen molar-refractivity contribution in [3.63, 3.8) is 0 Å². The molecule has 1 fully saturated rings. The average Bonchev–Trinajstić information content (AvgIpc) is 2.91. The first kappa shape index (κ1) is 18.1. The molecule has 0 aliphatic heterocycles. The van der Waals surface area contributed by atoms with Crippen molar-refractivity contribution in [2.24, 2.45) is 0 Å². The molecule has 0 saturated heterocycles. The molecular weight excluding hydrogens is 330 g/mol. The molecule has 0 amide bonds. The Bertz CT molecular complexity index is 712. The highest BCUT2D eigenvalue weighted by molar-refractivity contribution is 5.89. The molecule has 26 heavy (non-hydrogen) atoms. The predicted octanol–water partition coefficient (Wildman–Crippen LogP) is 3.93. The lowest BCUT2D eigenvalue weighted by molar-refractivity contribution is 0.0526. The minimum Gasteiger partial charge on any atom is -0.462 e. The highest BCUT2D eigenvalue weighted by atomic mass is 16.5. The monoisotopic (exact) mass is 355 g/mol. The Morgan fingerprint density at radius 3 is 2.58 bits per heavy atom. The second-order valence-corrected chi connectivity index (χ2v) is 6.42. The third kappa shape index (κ3) is 5.15. The molecule has 1 aromatic carbocycles. The lowest BCUT2D eigenvalue weighted by Crippen LogP contribution is -2.19. The number of carbonyl (C=O) groups excluding carboxylic acids is 1. The molecule has 3 rings (SSSR count). The lowest BCUT2D eigenvalue weighted by Gasteiger charge is -2.16. The van der Waals surface area contributed by atoms with Gasteiger partial charge in [0.1, 0.15) is 0 Å². The van der Waals surface area contributed by atoms with Crippen LogP contribution in [0.5, 0.6) is 0 Å². The van der Waals surface area contributed by atoms with Crippen molar-refractivity contribution in [1.82, 2.24) is 15.2 Å². The molecule has 1 aliphatic rings. The summed E-state index contributed by atoms with van der Waals surface area (Å²) in [4.78, 5) is 16.2. The Kier molecular flexibility index (Phi) is 6.35. The summed E-state index contributed by atoms with van der Waals surface area (Å²) in [6.45, 7) is 2.15. The van der Waals surface area contributed by atoms with Crippen molar-refractivity contribution < 1.29 is 9.53 Å². The van der Waals surface area contributed by atoms with Crippen molar-refractivity contribution >= 4 is 23.4 Å². The maximum absolute atomic E-state index is 11.7. The van der Waals surface area contributed by atoms with Crippen LogP contribution in [0.15, 0.2) is 30.5 Å². The van der Waals surface area contributed by atoms with Crippen molar-refractivity contribution in [2.75, 3.05) is 17.2 Å². The van der Waals surface area contributed by atoms with Crippen molar-refractivity contribution in [2.45, 2.75) is 51.5 Å². The van der Waals surface area contributed by atoms with Crippen molar-refractivity contribution in [1.29, 1.82) is 0 Å². The molecule has 0 atom stereocenters. The van der Waals surface area contributed by atoms with E-state index >= 15 is 0 Å². The molecule has 1 aromatic heterocycles. The van der Waals surface area contributed by atoms with Gasteiger partial charge in [-0.05, 0) is 44.0 Å². The smallest absolute Gasteiger partial charge is 0.338 e. The van der Waals surface area contributed by atoms with Gasteiger partial charge in [0.25, 0.3) is 0 Å². The molecule has 7 heteroatoms. The summed E-state index contributed by atoms with van der Waals surface area (Å²) in [5, 5.41) is 14.6. The summed E-state index contributed by atoms with van der Waals surface area (Å²) in [7, 11) is 0. The number of carbonyl (C=O) groups is 1. The minimum absolute atomic E-state index is 0.327. The van der Waals surface area contributed by atoms with Gasteiger partial charge < -0.3 is 15.4 Å². The molecule has 2 aromatic rings. The second-order valence-electron chi connectivity index (χ2n) is 6.42. The summed E-state index contributed by atoms with van der Waals surface area (Å²) >= 11 is 0. The van der Waals surface area contributed by atoms with E-state index in [0.29, 0.717) is 24.2 Å². The number of aromatic nitrogens is 3. The largest absolute Gasteiger partial charge is 0.462 e. The standard InChI is InChI=1S/C19H25N5O2/c1-2-26-18(25)14-9-11-16(12-10-14)22-19-23-17(13-20-24-19)21-15-7-5-3-4-6-8-15/h9-13,15H,2-8H2,1H3,(H2,21,22,23,24). The van der Waals surface area contributed by atoms with Crippen LogP contribution in [0.2, 0.25) is 0 Å². The quantitative estimate of drug-likeness (QED) is 0.599. The van der Waals surface area contributed by atoms with Crippen molar-refractivity contribution in [3.8, 4) is 0 Å². The van der Waals surface area contributed by atoms with E-state index in [0.717, 1.165) is 11.5 Å². The molecule has 1 aliphatic carbocycles. The van der Waals surface area contributed by atoms with Gasteiger partial charge in [0.05, 0.1) is 18.4 Å². The summed E-state index contributed by atoms with van der Waals surface area (Å²) < 4.78 is 4.98. The first-order chi connectivity index (χ1) is 12.7. The Balaban J connectivity index is 1.62. The second kappa shape index (κ2) is 9.12. The predicted molar refractivity (Wildman–Crippen MR) is 101 cm³/mol. The van der Waals surface area contributed by atoms with E-state index in [1.54, 1.807) is 37.4 Å². The van der Waals surface area contributed by atoms with Gasteiger partial charge in [-0.15, -0.1) is 5.10 Å². The molecule has 1 saturated carbocycles. The minimum atomic E-state index is -0.327. The number of hydrogen-bond donors (Lipinski definition) is 2. The van der Waals surface area contributed by atoms with Gasteiger partial charge in [-0.2, -0.15) is 10.1 Å². The highest BCUT2D eigenvalue weighted by Crippen LogP contribution is 2.21. The Morgan fingerprint density at radius 1 is 1.15 bits per heavy atom. The molecule has 0 spiro atoms. The van der Waals surface area contributed by atoms with Gasteiger partial charge in [0.15, 0.2) is 5.82 Å². The Labute approximate surface area is 153 Å². The number of benzene rings is 1. The van der Waals surface area contributed by atoms with Gasteiger partial charge in [0, 0.05) is 11.7 Å². The highest BCUT2D eigenvalue weighted by Gasteiger charge is 2.13. The zero-order valence-corrected chi connectivity index (χ0v) is 15.1. The maximum Gasteiger partial charge on any atom is 0.338 e. The van der Waals surface area contributed by atoms with E-state index in [1.807, 2.05) is 0 Å². The normalized spacial score (nSPS) is 15.1. The Hall–Kier alpha value is -2.70. The molecule has 0 unspecified atom stereocenters. The fraction of sp³-hybridized carbons (Fsp3) is 0.474.